The Hall–Kier alpha value is -2.74. The highest BCUT2D eigenvalue weighted by molar-refractivity contribution is 9.10. The van der Waals surface area contributed by atoms with Crippen molar-refractivity contribution >= 4 is 33.5 Å². The van der Waals surface area contributed by atoms with Gasteiger partial charge in [0.15, 0.2) is 0 Å². The fourth-order valence-electron chi connectivity index (χ4n) is 5.05. The summed E-state index contributed by atoms with van der Waals surface area (Å²) < 4.78 is 14.6. The normalized spacial score (nSPS) is 20.8. The Labute approximate surface area is 209 Å². The second kappa shape index (κ2) is 9.49. The van der Waals surface area contributed by atoms with Crippen molar-refractivity contribution in [3.63, 3.8) is 0 Å². The van der Waals surface area contributed by atoms with E-state index in [1.165, 1.54) is 17.7 Å². The zero-order chi connectivity index (χ0) is 23.8. The standard InChI is InChI=1S/C26H30BrFN6/c1-17-13-21(27)15-29-25(17)32-11-12-33(19(3)16-32)24-14-23(20-6-8-22(28)9-7-20)30-26(31-24)34-10-4-5-18(34)2/h6-9,13-15,18-19H,4-5,10-12,16H2,1-3H3/t18?,19-/m1/s1. The summed E-state index contributed by atoms with van der Waals surface area (Å²) >= 11 is 3.51. The molecule has 2 aromatic heterocycles. The molecule has 2 saturated heterocycles. The van der Waals surface area contributed by atoms with Gasteiger partial charge >= 0.3 is 0 Å². The molecule has 0 radical (unpaired) electrons. The van der Waals surface area contributed by atoms with Crippen LogP contribution in [0.1, 0.15) is 32.3 Å². The van der Waals surface area contributed by atoms with Crippen LogP contribution >= 0.6 is 15.9 Å². The zero-order valence-electron chi connectivity index (χ0n) is 19.9. The third-order valence-corrected chi connectivity index (χ3v) is 7.32. The lowest BCUT2D eigenvalue weighted by Crippen LogP contribution is -2.53. The number of hydrogen-bond acceptors (Lipinski definition) is 6. The fraction of sp³-hybridized carbons (Fsp3) is 0.423. The summed E-state index contributed by atoms with van der Waals surface area (Å²) in [5.74, 6) is 2.49. The smallest absolute Gasteiger partial charge is 0.228 e. The quantitative estimate of drug-likeness (QED) is 0.452. The molecule has 0 bridgehead atoms. The van der Waals surface area contributed by atoms with Crippen LogP contribution in [0.2, 0.25) is 0 Å². The van der Waals surface area contributed by atoms with Gasteiger partial charge in [-0.15, -0.1) is 0 Å². The molecule has 34 heavy (non-hydrogen) atoms. The Kier molecular flexibility index (Phi) is 6.42. The van der Waals surface area contributed by atoms with Crippen molar-refractivity contribution in [2.24, 2.45) is 0 Å². The zero-order valence-corrected chi connectivity index (χ0v) is 21.5. The minimum atomic E-state index is -0.243. The molecule has 2 aliphatic rings. The number of benzene rings is 1. The molecule has 0 aliphatic carbocycles. The van der Waals surface area contributed by atoms with E-state index in [1.54, 1.807) is 12.1 Å². The first-order chi connectivity index (χ1) is 16.4. The number of nitrogens with zero attached hydrogens (tertiary/aromatic N) is 6. The van der Waals surface area contributed by atoms with Gasteiger partial charge in [0.1, 0.15) is 17.5 Å². The number of anilines is 3. The van der Waals surface area contributed by atoms with E-state index in [0.717, 1.165) is 72.3 Å². The highest BCUT2D eigenvalue weighted by atomic mass is 79.9. The Morgan fingerprint density at radius 2 is 1.76 bits per heavy atom. The first kappa shape index (κ1) is 23.0. The van der Waals surface area contributed by atoms with Crippen LogP contribution in [0.3, 0.4) is 0 Å². The topological polar surface area (TPSA) is 48.4 Å². The lowest BCUT2D eigenvalue weighted by molar-refractivity contribution is 0.541. The van der Waals surface area contributed by atoms with Gasteiger partial charge in [-0.25, -0.2) is 14.4 Å². The highest BCUT2D eigenvalue weighted by Gasteiger charge is 2.29. The maximum Gasteiger partial charge on any atom is 0.228 e. The Morgan fingerprint density at radius 3 is 2.44 bits per heavy atom. The maximum atomic E-state index is 13.6. The predicted octanol–water partition coefficient (Wildman–Crippen LogP) is 5.45. The molecule has 0 N–H and O–H groups in total. The highest BCUT2D eigenvalue weighted by Crippen LogP contribution is 2.31. The van der Waals surface area contributed by atoms with E-state index in [1.807, 2.05) is 12.3 Å². The van der Waals surface area contributed by atoms with Gasteiger partial charge in [0, 0.05) is 60.6 Å². The van der Waals surface area contributed by atoms with Gasteiger partial charge in [-0.1, -0.05) is 0 Å². The summed E-state index contributed by atoms with van der Waals surface area (Å²) in [7, 11) is 0. The molecule has 3 aromatic rings. The molecule has 4 heterocycles. The van der Waals surface area contributed by atoms with Crippen molar-refractivity contribution in [3.8, 4) is 11.3 Å². The van der Waals surface area contributed by atoms with Crippen LogP contribution in [0, 0.1) is 12.7 Å². The van der Waals surface area contributed by atoms with E-state index in [-0.39, 0.29) is 11.9 Å². The third kappa shape index (κ3) is 4.60. The Morgan fingerprint density at radius 1 is 0.971 bits per heavy atom. The van der Waals surface area contributed by atoms with Gasteiger partial charge in [0.2, 0.25) is 5.95 Å². The van der Waals surface area contributed by atoms with Crippen molar-refractivity contribution in [1.82, 2.24) is 15.0 Å². The van der Waals surface area contributed by atoms with Crippen LogP contribution in [0.5, 0.6) is 0 Å². The molecular formula is C26H30BrFN6. The number of hydrogen-bond donors (Lipinski definition) is 0. The lowest BCUT2D eigenvalue weighted by atomic mass is 10.1. The molecule has 2 atom stereocenters. The average molecular weight is 525 g/mol. The number of aryl methyl sites for hydroxylation is 1. The summed E-state index contributed by atoms with van der Waals surface area (Å²) in [5, 5.41) is 0. The largest absolute Gasteiger partial charge is 0.353 e. The van der Waals surface area contributed by atoms with Gasteiger partial charge in [-0.2, -0.15) is 4.98 Å². The summed E-state index contributed by atoms with van der Waals surface area (Å²) in [6, 6.07) is 11.4. The number of rotatable bonds is 4. The maximum absolute atomic E-state index is 13.6. The molecule has 5 rings (SSSR count). The third-order valence-electron chi connectivity index (χ3n) is 6.89. The summed E-state index contributed by atoms with van der Waals surface area (Å²) in [5.41, 5.74) is 2.90. The molecule has 2 aliphatic heterocycles. The monoisotopic (exact) mass is 524 g/mol. The van der Waals surface area contributed by atoms with E-state index < -0.39 is 0 Å². The first-order valence-electron chi connectivity index (χ1n) is 11.9. The molecule has 1 aromatic carbocycles. The van der Waals surface area contributed by atoms with Gasteiger partial charge in [-0.3, -0.25) is 0 Å². The van der Waals surface area contributed by atoms with E-state index in [2.05, 4.69) is 62.5 Å². The van der Waals surface area contributed by atoms with Crippen LogP contribution in [-0.2, 0) is 0 Å². The minimum absolute atomic E-state index is 0.243. The number of aromatic nitrogens is 3. The van der Waals surface area contributed by atoms with Crippen LogP contribution in [0.4, 0.5) is 22.0 Å². The van der Waals surface area contributed by atoms with Crippen molar-refractivity contribution in [2.75, 3.05) is 40.9 Å². The molecular weight excluding hydrogens is 495 g/mol. The van der Waals surface area contributed by atoms with Crippen LogP contribution in [-0.4, -0.2) is 53.2 Å². The molecule has 8 heteroatoms. The van der Waals surface area contributed by atoms with Crippen LogP contribution in [0.25, 0.3) is 11.3 Å². The predicted molar refractivity (Wildman–Crippen MR) is 139 cm³/mol. The molecule has 1 unspecified atom stereocenters. The van der Waals surface area contributed by atoms with Crippen molar-refractivity contribution in [1.29, 1.82) is 0 Å². The molecule has 0 spiro atoms. The van der Waals surface area contributed by atoms with E-state index in [9.17, 15) is 4.39 Å². The number of pyridine rings is 1. The first-order valence-corrected chi connectivity index (χ1v) is 12.7. The number of halogens is 2. The van der Waals surface area contributed by atoms with Crippen molar-refractivity contribution in [2.45, 2.75) is 45.7 Å². The fourth-order valence-corrected chi connectivity index (χ4v) is 5.50. The number of piperazine rings is 1. The van der Waals surface area contributed by atoms with E-state index in [4.69, 9.17) is 9.97 Å². The Bertz CT molecular complexity index is 1170. The molecule has 6 nitrogen and oxygen atoms in total. The minimum Gasteiger partial charge on any atom is -0.353 e. The van der Waals surface area contributed by atoms with Gasteiger partial charge in [0.25, 0.3) is 0 Å². The molecule has 0 amide bonds. The average Bonchev–Trinajstić information content (AvgIpc) is 3.25. The van der Waals surface area contributed by atoms with Gasteiger partial charge in [-0.05, 0) is 85.4 Å². The SMILES string of the molecule is Cc1cc(Br)cnc1N1CCN(c2cc(-c3ccc(F)cc3)nc(N3CCCC3C)n2)[C@H](C)C1. The van der Waals surface area contributed by atoms with Gasteiger partial charge in [0.05, 0.1) is 5.69 Å². The van der Waals surface area contributed by atoms with Crippen molar-refractivity contribution in [3.05, 3.63) is 58.4 Å². The Balaban J connectivity index is 1.46. The summed E-state index contributed by atoms with van der Waals surface area (Å²) in [6.45, 7) is 10.1. The second-order valence-electron chi connectivity index (χ2n) is 9.39. The summed E-state index contributed by atoms with van der Waals surface area (Å²) in [4.78, 5) is 21.6. The van der Waals surface area contributed by atoms with Crippen LogP contribution < -0.4 is 14.7 Å². The second-order valence-corrected chi connectivity index (χ2v) is 10.3. The molecule has 0 saturated carbocycles. The van der Waals surface area contributed by atoms with Crippen molar-refractivity contribution < 1.29 is 4.39 Å². The lowest BCUT2D eigenvalue weighted by Gasteiger charge is -2.41. The molecule has 178 valence electrons. The summed E-state index contributed by atoms with van der Waals surface area (Å²) in [6.07, 6.45) is 4.16. The van der Waals surface area contributed by atoms with Crippen LogP contribution in [0.15, 0.2) is 47.1 Å². The van der Waals surface area contributed by atoms with Gasteiger partial charge < -0.3 is 14.7 Å². The molecule has 2 fully saturated rings. The van der Waals surface area contributed by atoms with E-state index >= 15 is 0 Å². The van der Waals surface area contributed by atoms with E-state index in [0.29, 0.717) is 6.04 Å².